The second kappa shape index (κ2) is 26.7. The summed E-state index contributed by atoms with van der Waals surface area (Å²) in [4.78, 5) is 53.1. The lowest BCUT2D eigenvalue weighted by molar-refractivity contribution is -0.421. The third kappa shape index (κ3) is 14.2. The van der Waals surface area contributed by atoms with Gasteiger partial charge in [-0.25, -0.2) is 14.4 Å². The smallest absolute Gasteiger partial charge is 0.338 e. The summed E-state index contributed by atoms with van der Waals surface area (Å²) < 4.78 is 65.2. The van der Waals surface area contributed by atoms with E-state index in [-0.39, 0.29) is 17.1 Å². The van der Waals surface area contributed by atoms with Crippen molar-refractivity contribution >= 4 is 36.0 Å². The van der Waals surface area contributed by atoms with Crippen LogP contribution in [0.4, 0.5) is 0 Å². The minimum atomic E-state index is -2.88. The molecule has 0 bridgehead atoms. The molecule has 19 atom stereocenters. The molecular weight excluding hydrogens is 1040 g/mol. The van der Waals surface area contributed by atoms with Gasteiger partial charge in [-0.15, -0.1) is 0 Å². The zero-order valence-electron chi connectivity index (χ0n) is 41.2. The Kier molecular flexibility index (Phi) is 20.4. The number of rotatable bonds is 20. The van der Waals surface area contributed by atoms with Gasteiger partial charge in [-0.3, -0.25) is 4.79 Å². The van der Waals surface area contributed by atoms with E-state index in [4.69, 9.17) is 52.1 Å². The summed E-state index contributed by atoms with van der Waals surface area (Å²) in [5.41, 5.74) is 0.671. The number of aliphatic hydroxyl groups excluding tert-OH is 10. The van der Waals surface area contributed by atoms with Crippen LogP contribution in [0.15, 0.2) is 91.0 Å². The minimum absolute atomic E-state index is 0.0793. The number of carbonyl (C=O) groups excluding carboxylic acids is 4. The molecule has 426 valence electrons. The maximum absolute atomic E-state index is 13.9. The van der Waals surface area contributed by atoms with Gasteiger partial charge in [0.2, 0.25) is 5.79 Å². The molecule has 0 spiro atoms. The number of phenols is 2. The van der Waals surface area contributed by atoms with Gasteiger partial charge in [-0.2, -0.15) is 0 Å². The van der Waals surface area contributed by atoms with Gasteiger partial charge >= 0.3 is 23.9 Å². The molecule has 12 N–H and O–H groups in total. The highest BCUT2D eigenvalue weighted by molar-refractivity contribution is 5.90. The zero-order valence-corrected chi connectivity index (χ0v) is 41.2. The summed E-state index contributed by atoms with van der Waals surface area (Å²) in [6, 6.07) is 18.3. The number of phenolic OH excluding ortho intramolecular Hbond substituents is 2. The number of hydrogen-bond acceptors (Lipinski definition) is 27. The van der Waals surface area contributed by atoms with Crippen LogP contribution >= 0.6 is 0 Å². The molecule has 0 saturated carbocycles. The van der Waals surface area contributed by atoms with Gasteiger partial charge in [0, 0.05) is 19.1 Å². The van der Waals surface area contributed by atoms with Crippen molar-refractivity contribution in [2.75, 3.05) is 33.0 Å². The molecule has 4 aliphatic rings. The number of hydrogen-bond donors (Lipinski definition) is 12. The van der Waals surface area contributed by atoms with E-state index < -0.39 is 173 Å². The van der Waals surface area contributed by atoms with E-state index in [0.29, 0.717) is 11.1 Å². The van der Waals surface area contributed by atoms with E-state index >= 15 is 0 Å². The Hall–Kier alpha value is -6.06. The van der Waals surface area contributed by atoms with E-state index in [9.17, 15) is 80.5 Å². The first-order valence-electron chi connectivity index (χ1n) is 24.2. The molecule has 0 unspecified atom stereocenters. The second-order valence-corrected chi connectivity index (χ2v) is 18.3. The van der Waals surface area contributed by atoms with Crippen LogP contribution < -0.4 is 0 Å². The van der Waals surface area contributed by atoms with Crippen LogP contribution in [-0.2, 0) is 66.5 Å². The van der Waals surface area contributed by atoms with Crippen molar-refractivity contribution in [3.8, 4) is 11.5 Å². The lowest BCUT2D eigenvalue weighted by Crippen LogP contribution is -2.69. The Morgan fingerprint density at radius 3 is 1.60 bits per heavy atom. The van der Waals surface area contributed by atoms with Crippen molar-refractivity contribution in [1.29, 1.82) is 0 Å². The Morgan fingerprint density at radius 1 is 0.538 bits per heavy atom. The predicted octanol–water partition coefficient (Wildman–Crippen LogP) is -3.37. The molecule has 4 heterocycles. The molecule has 4 saturated heterocycles. The SMILES string of the molecule is CC(=O)OC[C@@H]1O[C@@H](O[C@@H]2[C@@H](O[C@@H]3O[C@H](CO)[C@@H](O)[C@H](O)[C@H]3O)[C@H](O[C@@]3(COC(=O)/C=C\c4ccc(O)cc4)O[C@@H](CO)[C@@H](O)[C@@H]3OC(=O)c3ccccc3)O[C@H](CO)[C@H]2OC(=O)/C=C\c2ccc(O)cc2)[C@H](O)[C@@H](O)[C@@H]1O. The standard InChI is InChI=1S/C51H60O27/c1-24(55)68-22-33-37(61)40(64)42(66)49(72-33)74-44-43(73-35(59)18-12-26-9-15-29(57)16-10-26)32(21-54)71-50(45(44)75-48-41(65)39(63)36(60)30(19-52)70-48)78-51(23-69-34(58)17-11-25-7-13-28(56)14-8-25)46(38(62)31(20-53)77-51)76-47(67)27-5-3-2-4-6-27/h2-18,30-33,36-46,48-50,52-54,56-57,60-66H,19-23H2,1H3/b17-11-,18-12-/t30-,31+,32-,33+,36-,37-,38-,39+,40+,41-,42-,43-,44+,45-,46+,48+,49+,50+,51-/m1/s1. The summed E-state index contributed by atoms with van der Waals surface area (Å²) in [5, 5.41) is 129. The van der Waals surface area contributed by atoms with Crippen LogP contribution in [0.2, 0.25) is 0 Å². The highest BCUT2D eigenvalue weighted by Crippen LogP contribution is 2.42. The number of esters is 4. The molecule has 0 aromatic heterocycles. The molecule has 0 aliphatic carbocycles. The summed E-state index contributed by atoms with van der Waals surface area (Å²) in [5.74, 6) is -7.41. The Labute approximate surface area is 443 Å². The van der Waals surface area contributed by atoms with Crippen LogP contribution in [0.3, 0.4) is 0 Å². The summed E-state index contributed by atoms with van der Waals surface area (Å²) in [7, 11) is 0. The Balaban J connectivity index is 1.36. The van der Waals surface area contributed by atoms with Crippen molar-refractivity contribution in [1.82, 2.24) is 0 Å². The number of aliphatic hydroxyl groups is 10. The normalized spacial score (nSPS) is 35.1. The van der Waals surface area contributed by atoms with Crippen molar-refractivity contribution < 1.29 is 133 Å². The summed E-state index contributed by atoms with van der Waals surface area (Å²) in [6.45, 7) is -4.11. The van der Waals surface area contributed by atoms with Gasteiger partial charge in [0.05, 0.1) is 25.4 Å². The maximum atomic E-state index is 13.9. The molecule has 3 aromatic carbocycles. The van der Waals surface area contributed by atoms with Crippen LogP contribution in [-0.4, -0.2) is 234 Å². The van der Waals surface area contributed by atoms with Gasteiger partial charge in [0.1, 0.15) is 104 Å². The highest BCUT2D eigenvalue weighted by atomic mass is 16.8. The fourth-order valence-corrected chi connectivity index (χ4v) is 8.66. The van der Waals surface area contributed by atoms with Gasteiger partial charge in [-0.1, -0.05) is 42.5 Å². The van der Waals surface area contributed by atoms with Crippen LogP contribution in [0.5, 0.6) is 11.5 Å². The van der Waals surface area contributed by atoms with Crippen LogP contribution in [0.1, 0.15) is 28.4 Å². The summed E-state index contributed by atoms with van der Waals surface area (Å²) in [6.07, 6.45) is -32.9. The average Bonchev–Trinajstić information content (AvgIpc) is 3.78. The monoisotopic (exact) mass is 1100 g/mol. The Morgan fingerprint density at radius 2 is 1.05 bits per heavy atom. The lowest BCUT2D eigenvalue weighted by atomic mass is 9.95. The van der Waals surface area contributed by atoms with Crippen LogP contribution in [0, 0.1) is 0 Å². The number of ether oxygens (including phenoxy) is 11. The van der Waals surface area contributed by atoms with E-state index in [1.807, 2.05) is 0 Å². The molecule has 0 radical (unpaired) electrons. The largest absolute Gasteiger partial charge is 0.508 e. The molecule has 3 aromatic rings. The first-order valence-corrected chi connectivity index (χ1v) is 24.2. The first kappa shape index (κ1) is 59.6. The number of aromatic hydroxyl groups is 2. The molecule has 0 amide bonds. The van der Waals surface area contributed by atoms with E-state index in [2.05, 4.69) is 0 Å². The molecule has 4 aliphatic heterocycles. The molecule has 27 heteroatoms. The van der Waals surface area contributed by atoms with Crippen molar-refractivity contribution in [2.45, 2.75) is 123 Å². The lowest BCUT2D eigenvalue weighted by Gasteiger charge is -2.50. The topological polar surface area (TPSA) is 413 Å². The Bertz CT molecular complexity index is 2510. The zero-order chi connectivity index (χ0) is 56.4. The van der Waals surface area contributed by atoms with E-state index in [1.165, 1.54) is 84.9 Å². The van der Waals surface area contributed by atoms with Crippen LogP contribution in [0.25, 0.3) is 12.2 Å². The quantitative estimate of drug-likeness (QED) is 0.0298. The number of benzene rings is 3. The molecule has 7 rings (SSSR count). The van der Waals surface area contributed by atoms with Crippen molar-refractivity contribution in [2.24, 2.45) is 0 Å². The third-order valence-corrected chi connectivity index (χ3v) is 12.8. The molecule has 78 heavy (non-hydrogen) atoms. The first-order chi connectivity index (χ1) is 37.3. The average molecular weight is 1110 g/mol. The third-order valence-electron chi connectivity index (χ3n) is 12.8. The molecule has 27 nitrogen and oxygen atoms in total. The van der Waals surface area contributed by atoms with E-state index in [0.717, 1.165) is 19.1 Å². The fraction of sp³-hybridized carbons (Fsp3) is 0.490. The van der Waals surface area contributed by atoms with Gasteiger partial charge < -0.3 is 113 Å². The summed E-state index contributed by atoms with van der Waals surface area (Å²) >= 11 is 0. The molecule has 4 fully saturated rings. The van der Waals surface area contributed by atoms with E-state index in [1.54, 1.807) is 6.07 Å². The minimum Gasteiger partial charge on any atom is -0.508 e. The second-order valence-electron chi connectivity index (χ2n) is 18.3. The van der Waals surface area contributed by atoms with Gasteiger partial charge in [0.15, 0.2) is 31.1 Å². The van der Waals surface area contributed by atoms with Crippen molar-refractivity contribution in [3.63, 3.8) is 0 Å². The maximum Gasteiger partial charge on any atom is 0.338 e. The van der Waals surface area contributed by atoms with Crippen molar-refractivity contribution in [3.05, 3.63) is 108 Å². The van der Waals surface area contributed by atoms with Gasteiger partial charge in [-0.05, 0) is 59.7 Å². The predicted molar refractivity (Wildman–Crippen MR) is 255 cm³/mol. The number of carbonyl (C=O) groups is 4. The van der Waals surface area contributed by atoms with Gasteiger partial charge in [0.25, 0.3) is 0 Å². The highest BCUT2D eigenvalue weighted by Gasteiger charge is 2.64. The fourth-order valence-electron chi connectivity index (χ4n) is 8.66. The molecular formula is C51H60O27.